The molecule has 0 radical (unpaired) electrons. The van der Waals surface area contributed by atoms with Crippen molar-refractivity contribution in [3.05, 3.63) is 65.0 Å². The van der Waals surface area contributed by atoms with Crippen molar-refractivity contribution in [3.63, 3.8) is 0 Å². The van der Waals surface area contributed by atoms with Gasteiger partial charge in [-0.1, -0.05) is 18.2 Å². The number of benzene rings is 2. The Kier molecular flexibility index (Phi) is 4.32. The van der Waals surface area contributed by atoms with Gasteiger partial charge in [-0.15, -0.1) is 11.8 Å². The smallest absolute Gasteiger partial charge is 0.123 e. The SMILES string of the molecule is CSc1ccc(C(C)NC2CCc3cc(F)ccc32)cc1. The lowest BCUT2D eigenvalue weighted by atomic mass is 10.0. The quantitative estimate of drug-likeness (QED) is 0.807. The van der Waals surface area contributed by atoms with Gasteiger partial charge in [0.1, 0.15) is 5.82 Å². The lowest BCUT2D eigenvalue weighted by molar-refractivity contribution is 0.465. The first-order chi connectivity index (χ1) is 10.2. The molecule has 0 amide bonds. The number of halogens is 1. The first kappa shape index (κ1) is 14.6. The molecule has 0 aliphatic heterocycles. The molecule has 0 saturated carbocycles. The number of nitrogens with one attached hydrogen (secondary N) is 1. The van der Waals surface area contributed by atoms with Crippen molar-refractivity contribution in [1.82, 2.24) is 5.32 Å². The van der Waals surface area contributed by atoms with Crippen LogP contribution in [0.15, 0.2) is 47.4 Å². The predicted molar refractivity (Wildman–Crippen MR) is 87.2 cm³/mol. The second-order valence-corrected chi connectivity index (χ2v) is 6.48. The first-order valence-corrected chi connectivity index (χ1v) is 8.58. The second kappa shape index (κ2) is 6.20. The maximum absolute atomic E-state index is 13.3. The molecular formula is C18H20FNS. The van der Waals surface area contributed by atoms with Gasteiger partial charge in [-0.3, -0.25) is 0 Å². The van der Waals surface area contributed by atoms with E-state index in [1.807, 2.05) is 6.07 Å². The van der Waals surface area contributed by atoms with E-state index in [1.165, 1.54) is 16.0 Å². The minimum absolute atomic E-state index is 0.130. The topological polar surface area (TPSA) is 12.0 Å². The lowest BCUT2D eigenvalue weighted by Gasteiger charge is -2.21. The average molecular weight is 301 g/mol. The van der Waals surface area contributed by atoms with Gasteiger partial charge in [0.25, 0.3) is 0 Å². The number of hydrogen-bond acceptors (Lipinski definition) is 2. The van der Waals surface area contributed by atoms with Crippen LogP contribution >= 0.6 is 11.8 Å². The highest BCUT2D eigenvalue weighted by Gasteiger charge is 2.24. The Morgan fingerprint density at radius 1 is 1.19 bits per heavy atom. The zero-order chi connectivity index (χ0) is 14.8. The number of rotatable bonds is 4. The molecule has 1 aliphatic carbocycles. The summed E-state index contributed by atoms with van der Waals surface area (Å²) in [5.41, 5.74) is 3.70. The Bertz CT molecular complexity index is 624. The van der Waals surface area contributed by atoms with Crippen molar-refractivity contribution in [2.45, 2.75) is 36.7 Å². The van der Waals surface area contributed by atoms with E-state index >= 15 is 0 Å². The first-order valence-electron chi connectivity index (χ1n) is 7.35. The second-order valence-electron chi connectivity index (χ2n) is 5.60. The average Bonchev–Trinajstić information content (AvgIpc) is 2.89. The van der Waals surface area contributed by atoms with Crippen molar-refractivity contribution in [1.29, 1.82) is 0 Å². The van der Waals surface area contributed by atoms with Crippen molar-refractivity contribution >= 4 is 11.8 Å². The minimum atomic E-state index is -0.130. The zero-order valence-electron chi connectivity index (χ0n) is 12.4. The highest BCUT2D eigenvalue weighted by Crippen LogP contribution is 2.33. The van der Waals surface area contributed by atoms with Crippen LogP contribution in [-0.2, 0) is 6.42 Å². The molecule has 1 N–H and O–H groups in total. The molecular weight excluding hydrogens is 281 g/mol. The highest BCUT2D eigenvalue weighted by atomic mass is 32.2. The summed E-state index contributed by atoms with van der Waals surface area (Å²) in [6.07, 6.45) is 4.10. The van der Waals surface area contributed by atoms with Crippen molar-refractivity contribution in [2.24, 2.45) is 0 Å². The number of fused-ring (bicyclic) bond motifs is 1. The fourth-order valence-electron chi connectivity index (χ4n) is 3.05. The fourth-order valence-corrected chi connectivity index (χ4v) is 3.46. The Morgan fingerprint density at radius 3 is 2.67 bits per heavy atom. The van der Waals surface area contributed by atoms with Gasteiger partial charge >= 0.3 is 0 Å². The van der Waals surface area contributed by atoms with E-state index in [-0.39, 0.29) is 5.82 Å². The minimum Gasteiger partial charge on any atom is -0.303 e. The standard InChI is InChI=1S/C18H20FNS/c1-12(13-3-7-16(21-2)8-4-13)20-18-10-5-14-11-15(19)6-9-17(14)18/h3-4,6-9,11-12,18,20H,5,10H2,1-2H3. The third-order valence-corrected chi connectivity index (χ3v) is 4.99. The van der Waals surface area contributed by atoms with Gasteiger partial charge in [-0.25, -0.2) is 4.39 Å². The molecule has 1 aliphatic rings. The number of hydrogen-bond donors (Lipinski definition) is 1. The molecule has 2 aromatic carbocycles. The molecule has 21 heavy (non-hydrogen) atoms. The van der Waals surface area contributed by atoms with E-state index in [9.17, 15) is 4.39 Å². The van der Waals surface area contributed by atoms with E-state index in [1.54, 1.807) is 23.9 Å². The van der Waals surface area contributed by atoms with Gasteiger partial charge in [0.15, 0.2) is 0 Å². The van der Waals surface area contributed by atoms with Crippen LogP contribution in [0.1, 0.15) is 42.1 Å². The molecule has 0 heterocycles. The molecule has 0 bridgehead atoms. The maximum Gasteiger partial charge on any atom is 0.123 e. The Balaban J connectivity index is 1.72. The van der Waals surface area contributed by atoms with E-state index in [0.717, 1.165) is 18.4 Å². The molecule has 0 saturated heterocycles. The molecule has 0 aromatic heterocycles. The van der Waals surface area contributed by atoms with Crippen molar-refractivity contribution in [2.75, 3.05) is 6.26 Å². The molecule has 0 fully saturated rings. The largest absolute Gasteiger partial charge is 0.303 e. The van der Waals surface area contributed by atoms with Gasteiger partial charge in [0.2, 0.25) is 0 Å². The molecule has 2 atom stereocenters. The van der Waals surface area contributed by atoms with Crippen LogP contribution in [0.25, 0.3) is 0 Å². The molecule has 110 valence electrons. The monoisotopic (exact) mass is 301 g/mol. The van der Waals surface area contributed by atoms with Crippen LogP contribution in [-0.4, -0.2) is 6.26 Å². The van der Waals surface area contributed by atoms with Gasteiger partial charge in [-0.05, 0) is 67.0 Å². The lowest BCUT2D eigenvalue weighted by Crippen LogP contribution is -2.23. The predicted octanol–water partition coefficient (Wildman–Crippen LogP) is 4.89. The molecule has 1 nitrogen and oxygen atoms in total. The van der Waals surface area contributed by atoms with Gasteiger partial charge < -0.3 is 5.32 Å². The molecule has 2 unspecified atom stereocenters. The normalized spacial score (nSPS) is 18.5. The van der Waals surface area contributed by atoms with Crippen LogP contribution in [0.2, 0.25) is 0 Å². The summed E-state index contributed by atoms with van der Waals surface area (Å²) < 4.78 is 13.3. The number of thioether (sulfide) groups is 1. The summed E-state index contributed by atoms with van der Waals surface area (Å²) in [4.78, 5) is 1.28. The van der Waals surface area contributed by atoms with Crippen LogP contribution in [0.3, 0.4) is 0 Å². The van der Waals surface area contributed by atoms with E-state index < -0.39 is 0 Å². The maximum atomic E-state index is 13.3. The number of aryl methyl sites for hydroxylation is 1. The third kappa shape index (κ3) is 3.14. The van der Waals surface area contributed by atoms with Gasteiger partial charge in [-0.2, -0.15) is 0 Å². The summed E-state index contributed by atoms with van der Waals surface area (Å²) in [5, 5.41) is 3.68. The summed E-state index contributed by atoms with van der Waals surface area (Å²) >= 11 is 1.76. The Hall–Kier alpha value is -1.32. The summed E-state index contributed by atoms with van der Waals surface area (Å²) in [6.45, 7) is 2.19. The van der Waals surface area contributed by atoms with Gasteiger partial charge in [0, 0.05) is 17.0 Å². The molecule has 3 rings (SSSR count). The Morgan fingerprint density at radius 2 is 1.95 bits per heavy atom. The van der Waals surface area contributed by atoms with Crippen LogP contribution in [0.5, 0.6) is 0 Å². The van der Waals surface area contributed by atoms with E-state index in [2.05, 4.69) is 42.8 Å². The van der Waals surface area contributed by atoms with Crippen LogP contribution < -0.4 is 5.32 Å². The Labute approximate surface area is 130 Å². The molecule has 3 heteroatoms. The van der Waals surface area contributed by atoms with Crippen LogP contribution in [0.4, 0.5) is 4.39 Å². The summed E-state index contributed by atoms with van der Waals surface area (Å²) in [6, 6.07) is 14.5. The molecule has 2 aromatic rings. The van der Waals surface area contributed by atoms with Gasteiger partial charge in [0.05, 0.1) is 0 Å². The van der Waals surface area contributed by atoms with E-state index in [4.69, 9.17) is 0 Å². The third-order valence-electron chi connectivity index (χ3n) is 4.25. The fraction of sp³-hybridized carbons (Fsp3) is 0.333. The van der Waals surface area contributed by atoms with Crippen molar-refractivity contribution < 1.29 is 4.39 Å². The van der Waals surface area contributed by atoms with Crippen molar-refractivity contribution in [3.8, 4) is 0 Å². The summed E-state index contributed by atoms with van der Waals surface area (Å²) in [5.74, 6) is -0.130. The summed E-state index contributed by atoms with van der Waals surface area (Å²) in [7, 11) is 0. The van der Waals surface area contributed by atoms with Crippen LogP contribution in [0, 0.1) is 5.82 Å². The highest BCUT2D eigenvalue weighted by molar-refractivity contribution is 7.98. The van der Waals surface area contributed by atoms with E-state index in [0.29, 0.717) is 12.1 Å². The zero-order valence-corrected chi connectivity index (χ0v) is 13.2. The molecule has 0 spiro atoms.